The summed E-state index contributed by atoms with van der Waals surface area (Å²) < 4.78 is 0. The standard InChI is InChI=1S/C14H24N6O/c1-12(18-5-3-2-4-6-18)13(21)19-7-9-20(10-8-19)14-15-11-16-17-14/h11-12H,2-10H2,1H3,(H,15,16,17)/t12-/m0/s1. The highest BCUT2D eigenvalue weighted by atomic mass is 16.2. The summed E-state index contributed by atoms with van der Waals surface area (Å²) in [5.41, 5.74) is 0. The van der Waals surface area contributed by atoms with Gasteiger partial charge in [-0.15, -0.1) is 0 Å². The van der Waals surface area contributed by atoms with Crippen LogP contribution in [0.3, 0.4) is 0 Å². The zero-order valence-corrected chi connectivity index (χ0v) is 12.7. The van der Waals surface area contributed by atoms with Gasteiger partial charge >= 0.3 is 0 Å². The summed E-state index contributed by atoms with van der Waals surface area (Å²) in [6.07, 6.45) is 5.26. The summed E-state index contributed by atoms with van der Waals surface area (Å²) in [7, 11) is 0. The molecule has 0 bridgehead atoms. The Morgan fingerprint density at radius 1 is 1.14 bits per heavy atom. The van der Waals surface area contributed by atoms with Gasteiger partial charge in [0.2, 0.25) is 11.9 Å². The number of rotatable bonds is 3. The van der Waals surface area contributed by atoms with E-state index in [-0.39, 0.29) is 11.9 Å². The number of amides is 1. The number of piperidine rings is 1. The second kappa shape index (κ2) is 6.43. The maximum atomic E-state index is 12.6. The van der Waals surface area contributed by atoms with Gasteiger partial charge in [0.15, 0.2) is 0 Å². The average molecular weight is 292 g/mol. The molecule has 2 aliphatic heterocycles. The number of piperazine rings is 1. The van der Waals surface area contributed by atoms with Gasteiger partial charge in [0.05, 0.1) is 6.04 Å². The Balaban J connectivity index is 1.52. The molecule has 7 nitrogen and oxygen atoms in total. The molecule has 3 heterocycles. The van der Waals surface area contributed by atoms with E-state index in [0.29, 0.717) is 0 Å². The molecule has 1 aromatic rings. The molecule has 0 radical (unpaired) electrons. The number of hydrogen-bond acceptors (Lipinski definition) is 5. The van der Waals surface area contributed by atoms with E-state index in [2.05, 4.69) is 31.9 Å². The van der Waals surface area contributed by atoms with Crippen molar-refractivity contribution >= 4 is 11.9 Å². The fraction of sp³-hybridized carbons (Fsp3) is 0.786. The molecular formula is C14H24N6O. The van der Waals surface area contributed by atoms with E-state index < -0.39 is 0 Å². The number of carbonyl (C=O) groups is 1. The topological polar surface area (TPSA) is 68.4 Å². The second-order valence-electron chi connectivity index (χ2n) is 5.89. The monoisotopic (exact) mass is 292 g/mol. The molecule has 7 heteroatoms. The molecule has 0 unspecified atom stereocenters. The first-order valence-corrected chi connectivity index (χ1v) is 7.89. The van der Waals surface area contributed by atoms with Gasteiger partial charge in [0, 0.05) is 26.2 Å². The van der Waals surface area contributed by atoms with Crippen LogP contribution in [-0.2, 0) is 4.79 Å². The highest BCUT2D eigenvalue weighted by Gasteiger charge is 2.29. The summed E-state index contributed by atoms with van der Waals surface area (Å²) in [5.74, 6) is 1.07. The van der Waals surface area contributed by atoms with Crippen molar-refractivity contribution in [2.75, 3.05) is 44.2 Å². The summed E-state index contributed by atoms with van der Waals surface area (Å²) in [4.78, 5) is 23.2. The van der Waals surface area contributed by atoms with E-state index in [1.807, 2.05) is 4.90 Å². The molecule has 0 aromatic carbocycles. The van der Waals surface area contributed by atoms with Gasteiger partial charge < -0.3 is 9.80 Å². The normalized spacial score (nSPS) is 22.3. The molecule has 1 amide bonds. The lowest BCUT2D eigenvalue weighted by Gasteiger charge is -2.38. The summed E-state index contributed by atoms with van der Waals surface area (Å²) in [5, 5.41) is 6.75. The van der Waals surface area contributed by atoms with Crippen LogP contribution in [0.4, 0.5) is 5.95 Å². The lowest BCUT2D eigenvalue weighted by Crippen LogP contribution is -2.55. The van der Waals surface area contributed by atoms with Crippen molar-refractivity contribution in [2.45, 2.75) is 32.2 Å². The van der Waals surface area contributed by atoms with Gasteiger partial charge in [0.25, 0.3) is 0 Å². The highest BCUT2D eigenvalue weighted by Crippen LogP contribution is 2.15. The third-order valence-electron chi connectivity index (χ3n) is 4.59. The summed E-state index contributed by atoms with van der Waals surface area (Å²) in [6.45, 7) is 7.32. The van der Waals surface area contributed by atoms with Crippen molar-refractivity contribution in [3.05, 3.63) is 6.33 Å². The number of anilines is 1. The van der Waals surface area contributed by atoms with Crippen LogP contribution in [0.5, 0.6) is 0 Å². The highest BCUT2D eigenvalue weighted by molar-refractivity contribution is 5.81. The molecule has 2 aliphatic rings. The number of aromatic amines is 1. The average Bonchev–Trinajstić information content (AvgIpc) is 3.09. The molecule has 3 rings (SSSR count). The van der Waals surface area contributed by atoms with Crippen LogP contribution in [0.1, 0.15) is 26.2 Å². The van der Waals surface area contributed by atoms with Crippen molar-refractivity contribution in [1.82, 2.24) is 25.0 Å². The van der Waals surface area contributed by atoms with E-state index in [0.717, 1.165) is 45.2 Å². The van der Waals surface area contributed by atoms with Crippen molar-refractivity contribution in [2.24, 2.45) is 0 Å². The minimum Gasteiger partial charge on any atom is -0.338 e. The van der Waals surface area contributed by atoms with Crippen LogP contribution >= 0.6 is 0 Å². The SMILES string of the molecule is C[C@@H](C(=O)N1CCN(c2ncn[nH]2)CC1)N1CCCCC1. The number of carbonyl (C=O) groups excluding carboxylic acids is 1. The van der Waals surface area contributed by atoms with E-state index >= 15 is 0 Å². The van der Waals surface area contributed by atoms with Gasteiger partial charge in [-0.3, -0.25) is 9.69 Å². The third kappa shape index (κ3) is 3.18. The van der Waals surface area contributed by atoms with Crippen LogP contribution in [0.15, 0.2) is 6.33 Å². The maximum absolute atomic E-state index is 12.6. The van der Waals surface area contributed by atoms with E-state index in [4.69, 9.17) is 0 Å². The van der Waals surface area contributed by atoms with Gasteiger partial charge in [-0.1, -0.05) is 6.42 Å². The molecule has 1 aromatic heterocycles. The van der Waals surface area contributed by atoms with Crippen molar-refractivity contribution in [3.63, 3.8) is 0 Å². The Hall–Kier alpha value is -1.63. The summed E-state index contributed by atoms with van der Waals surface area (Å²) in [6, 6.07) is 0.0159. The molecule has 21 heavy (non-hydrogen) atoms. The van der Waals surface area contributed by atoms with Crippen LogP contribution in [0.25, 0.3) is 0 Å². The first kappa shape index (κ1) is 14.3. The molecular weight excluding hydrogens is 268 g/mol. The molecule has 2 saturated heterocycles. The van der Waals surface area contributed by atoms with Crippen LogP contribution in [-0.4, -0.2) is 76.2 Å². The fourth-order valence-corrected chi connectivity index (χ4v) is 3.22. The number of nitrogens with zero attached hydrogens (tertiary/aromatic N) is 5. The summed E-state index contributed by atoms with van der Waals surface area (Å²) >= 11 is 0. The van der Waals surface area contributed by atoms with Gasteiger partial charge in [0.1, 0.15) is 6.33 Å². The Kier molecular flexibility index (Phi) is 4.38. The maximum Gasteiger partial charge on any atom is 0.239 e. The van der Waals surface area contributed by atoms with Crippen molar-refractivity contribution < 1.29 is 4.79 Å². The Morgan fingerprint density at radius 3 is 2.48 bits per heavy atom. The van der Waals surface area contributed by atoms with E-state index in [1.165, 1.54) is 25.6 Å². The lowest BCUT2D eigenvalue weighted by atomic mass is 10.1. The van der Waals surface area contributed by atoms with Crippen molar-refractivity contribution in [3.8, 4) is 0 Å². The molecule has 0 spiro atoms. The number of aromatic nitrogens is 3. The zero-order chi connectivity index (χ0) is 14.7. The van der Waals surface area contributed by atoms with E-state index in [1.54, 1.807) is 0 Å². The lowest BCUT2D eigenvalue weighted by molar-refractivity contribution is -0.137. The minimum atomic E-state index is 0.0159. The smallest absolute Gasteiger partial charge is 0.239 e. The number of H-pyrrole nitrogens is 1. The molecule has 1 N–H and O–H groups in total. The van der Waals surface area contributed by atoms with Crippen molar-refractivity contribution in [1.29, 1.82) is 0 Å². The first-order valence-electron chi connectivity index (χ1n) is 7.89. The number of nitrogens with one attached hydrogen (secondary N) is 1. The predicted molar refractivity (Wildman–Crippen MR) is 80.1 cm³/mol. The fourth-order valence-electron chi connectivity index (χ4n) is 3.22. The second-order valence-corrected chi connectivity index (χ2v) is 5.89. The van der Waals surface area contributed by atoms with Gasteiger partial charge in [-0.2, -0.15) is 10.1 Å². The van der Waals surface area contributed by atoms with Gasteiger partial charge in [-0.25, -0.2) is 5.10 Å². The quantitative estimate of drug-likeness (QED) is 0.869. The van der Waals surface area contributed by atoms with Crippen LogP contribution < -0.4 is 4.90 Å². The zero-order valence-electron chi connectivity index (χ0n) is 12.7. The van der Waals surface area contributed by atoms with Crippen LogP contribution in [0, 0.1) is 0 Å². The van der Waals surface area contributed by atoms with E-state index in [9.17, 15) is 4.79 Å². The third-order valence-corrected chi connectivity index (χ3v) is 4.59. The number of likely N-dealkylation sites (tertiary alicyclic amines) is 1. The van der Waals surface area contributed by atoms with Crippen LogP contribution in [0.2, 0.25) is 0 Å². The largest absolute Gasteiger partial charge is 0.338 e. The molecule has 1 atom stereocenters. The Morgan fingerprint density at radius 2 is 1.86 bits per heavy atom. The Bertz CT molecular complexity index is 448. The molecule has 0 saturated carbocycles. The molecule has 116 valence electrons. The molecule has 2 fully saturated rings. The first-order chi connectivity index (χ1) is 10.3. The Labute approximate surface area is 125 Å². The predicted octanol–water partition coefficient (Wildman–Crippen LogP) is 0.328. The molecule has 0 aliphatic carbocycles. The minimum absolute atomic E-state index is 0.0159. The van der Waals surface area contributed by atoms with Gasteiger partial charge in [-0.05, 0) is 32.9 Å². The number of hydrogen-bond donors (Lipinski definition) is 1.